The van der Waals surface area contributed by atoms with Crippen molar-refractivity contribution in [1.82, 2.24) is 5.32 Å². The van der Waals surface area contributed by atoms with Crippen LogP contribution in [0, 0.1) is 0 Å². The first-order valence-corrected chi connectivity index (χ1v) is 10.0. The minimum Gasteiger partial charge on any atom is -0.457 e. The maximum atomic E-state index is 12.2. The third-order valence-electron chi connectivity index (χ3n) is 3.78. The Hall–Kier alpha value is -2.18. The van der Waals surface area contributed by atoms with Gasteiger partial charge in [-0.05, 0) is 60.3 Å². The van der Waals surface area contributed by atoms with Gasteiger partial charge in [-0.1, -0.05) is 40.9 Å². The fourth-order valence-corrected chi connectivity index (χ4v) is 3.92. The predicted molar refractivity (Wildman–Crippen MR) is 116 cm³/mol. The summed E-state index contributed by atoms with van der Waals surface area (Å²) in [5, 5.41) is 4.87. The van der Waals surface area contributed by atoms with E-state index in [1.54, 1.807) is 60.7 Å². The number of thioether (sulfide) groups is 1. The van der Waals surface area contributed by atoms with Crippen LogP contribution in [0.25, 0.3) is 17.4 Å². The molecule has 1 aliphatic heterocycles. The Morgan fingerprint density at radius 3 is 2.64 bits per heavy atom. The highest BCUT2D eigenvalue weighted by Crippen LogP contribution is 2.34. The first-order chi connectivity index (χ1) is 13.5. The Morgan fingerprint density at radius 2 is 1.82 bits per heavy atom. The average molecular weight is 450 g/mol. The molecule has 0 unspecified atom stereocenters. The highest BCUT2D eigenvalue weighted by Gasteiger charge is 2.24. The number of aliphatic imine (C=N–C) groups is 1. The molecule has 0 atom stereocenters. The third kappa shape index (κ3) is 4.28. The van der Waals surface area contributed by atoms with E-state index in [1.165, 1.54) is 11.8 Å². The number of carbonyl (C=O) groups is 1. The molecule has 1 aromatic heterocycles. The molecule has 0 radical (unpaired) electrons. The molecule has 140 valence electrons. The Kier molecular flexibility index (Phi) is 5.51. The van der Waals surface area contributed by atoms with Crippen LogP contribution in [0.5, 0.6) is 0 Å². The van der Waals surface area contributed by atoms with E-state index in [-0.39, 0.29) is 5.91 Å². The normalized spacial score (nSPS) is 16.8. The quantitative estimate of drug-likeness (QED) is 0.447. The Labute approximate surface area is 180 Å². The van der Waals surface area contributed by atoms with E-state index < -0.39 is 0 Å². The zero-order chi connectivity index (χ0) is 19.7. The van der Waals surface area contributed by atoms with Crippen molar-refractivity contribution in [2.75, 3.05) is 0 Å². The summed E-state index contributed by atoms with van der Waals surface area (Å²) in [5.74, 6) is 0.841. The van der Waals surface area contributed by atoms with Crippen molar-refractivity contribution in [2.45, 2.75) is 0 Å². The molecule has 0 saturated carbocycles. The number of furan rings is 1. The monoisotopic (exact) mass is 448 g/mol. The number of carbonyl (C=O) groups excluding carboxylic acids is 1. The number of benzene rings is 2. The van der Waals surface area contributed by atoms with Gasteiger partial charge in [-0.2, -0.15) is 0 Å². The molecule has 1 fully saturated rings. The molecule has 1 N–H and O–H groups in total. The van der Waals surface area contributed by atoms with Crippen LogP contribution >= 0.6 is 46.6 Å². The molecule has 4 rings (SSSR count). The summed E-state index contributed by atoms with van der Waals surface area (Å²) in [6.07, 6.45) is 1.66. The highest BCUT2D eigenvalue weighted by molar-refractivity contribution is 8.18. The number of halogens is 3. The molecule has 4 nitrogen and oxygen atoms in total. The fourth-order valence-electron chi connectivity index (χ4n) is 2.53. The predicted octanol–water partition coefficient (Wildman–Crippen LogP) is 6.80. The standard InChI is InChI=1S/C20H11Cl3N2O2S/c21-11-2-1-3-13(8-11)24-20-25-19(26)18(28-20)10-14-5-7-17(27-14)15-9-12(22)4-6-16(15)23/h1-10H,(H,24,25,26)/b18-10+. The minimum absolute atomic E-state index is 0.246. The number of amides is 1. The van der Waals surface area contributed by atoms with E-state index in [1.807, 2.05) is 0 Å². The van der Waals surface area contributed by atoms with Gasteiger partial charge in [0.05, 0.1) is 15.6 Å². The van der Waals surface area contributed by atoms with Gasteiger partial charge in [0.25, 0.3) is 5.91 Å². The Bertz CT molecular complexity index is 1140. The van der Waals surface area contributed by atoms with E-state index in [0.717, 1.165) is 0 Å². The van der Waals surface area contributed by atoms with Crippen LogP contribution in [-0.4, -0.2) is 11.1 Å². The van der Waals surface area contributed by atoms with E-state index in [0.29, 0.717) is 47.9 Å². The lowest BCUT2D eigenvalue weighted by Crippen LogP contribution is -2.19. The molecule has 0 bridgehead atoms. The van der Waals surface area contributed by atoms with Crippen molar-refractivity contribution < 1.29 is 9.21 Å². The summed E-state index contributed by atoms with van der Waals surface area (Å²) in [6.45, 7) is 0. The molecular weight excluding hydrogens is 439 g/mol. The largest absolute Gasteiger partial charge is 0.457 e. The average Bonchev–Trinajstić information content (AvgIpc) is 3.24. The molecule has 1 amide bonds. The van der Waals surface area contributed by atoms with Crippen LogP contribution in [0.4, 0.5) is 5.69 Å². The summed E-state index contributed by atoms with van der Waals surface area (Å²) in [5.41, 5.74) is 1.35. The molecular formula is C20H11Cl3N2O2S. The van der Waals surface area contributed by atoms with Gasteiger partial charge < -0.3 is 9.73 Å². The second kappa shape index (κ2) is 8.05. The van der Waals surface area contributed by atoms with Gasteiger partial charge in [0.1, 0.15) is 11.5 Å². The van der Waals surface area contributed by atoms with Crippen LogP contribution < -0.4 is 5.32 Å². The lowest BCUT2D eigenvalue weighted by molar-refractivity contribution is -0.115. The Balaban J connectivity index is 1.57. The number of rotatable bonds is 3. The van der Waals surface area contributed by atoms with E-state index in [9.17, 15) is 4.79 Å². The van der Waals surface area contributed by atoms with Crippen molar-refractivity contribution in [2.24, 2.45) is 4.99 Å². The maximum absolute atomic E-state index is 12.2. The van der Waals surface area contributed by atoms with Crippen LogP contribution in [-0.2, 0) is 4.79 Å². The van der Waals surface area contributed by atoms with Gasteiger partial charge >= 0.3 is 0 Å². The molecule has 0 aliphatic carbocycles. The summed E-state index contributed by atoms with van der Waals surface area (Å²) < 4.78 is 5.81. The van der Waals surface area contributed by atoms with Crippen LogP contribution in [0.15, 0.2) is 68.9 Å². The minimum atomic E-state index is -0.246. The van der Waals surface area contributed by atoms with Crippen LogP contribution in [0.1, 0.15) is 5.76 Å². The molecule has 0 spiro atoms. The van der Waals surface area contributed by atoms with Crippen molar-refractivity contribution in [3.05, 3.63) is 80.3 Å². The van der Waals surface area contributed by atoms with Crippen molar-refractivity contribution in [3.63, 3.8) is 0 Å². The molecule has 2 aromatic carbocycles. The van der Waals surface area contributed by atoms with Gasteiger partial charge in [0.2, 0.25) is 0 Å². The van der Waals surface area contributed by atoms with E-state index >= 15 is 0 Å². The van der Waals surface area contributed by atoms with Crippen LogP contribution in [0.3, 0.4) is 0 Å². The summed E-state index contributed by atoms with van der Waals surface area (Å²) in [4.78, 5) is 17.1. The highest BCUT2D eigenvalue weighted by atomic mass is 35.5. The number of nitrogens with one attached hydrogen (secondary N) is 1. The number of hydrogen-bond acceptors (Lipinski definition) is 4. The van der Waals surface area contributed by atoms with E-state index in [4.69, 9.17) is 39.2 Å². The zero-order valence-corrected chi connectivity index (χ0v) is 17.2. The van der Waals surface area contributed by atoms with Crippen LogP contribution in [0.2, 0.25) is 15.1 Å². The Morgan fingerprint density at radius 1 is 1.00 bits per heavy atom. The second-order valence-corrected chi connectivity index (χ2v) is 8.10. The molecule has 1 saturated heterocycles. The third-order valence-corrected chi connectivity index (χ3v) is 5.49. The second-order valence-electron chi connectivity index (χ2n) is 5.79. The van der Waals surface area contributed by atoms with Crippen molar-refractivity contribution >= 4 is 69.4 Å². The number of nitrogens with zero attached hydrogens (tertiary/aromatic N) is 1. The lowest BCUT2D eigenvalue weighted by Gasteiger charge is -2.01. The zero-order valence-electron chi connectivity index (χ0n) is 14.1. The molecule has 8 heteroatoms. The summed E-state index contributed by atoms with van der Waals surface area (Å²) in [6, 6.07) is 15.8. The van der Waals surface area contributed by atoms with Gasteiger partial charge in [0.15, 0.2) is 5.17 Å². The topological polar surface area (TPSA) is 54.6 Å². The molecule has 28 heavy (non-hydrogen) atoms. The maximum Gasteiger partial charge on any atom is 0.264 e. The number of hydrogen-bond donors (Lipinski definition) is 1. The summed E-state index contributed by atoms with van der Waals surface area (Å²) in [7, 11) is 0. The van der Waals surface area contributed by atoms with Crippen molar-refractivity contribution in [3.8, 4) is 11.3 Å². The molecule has 2 heterocycles. The van der Waals surface area contributed by atoms with E-state index in [2.05, 4.69) is 10.3 Å². The number of amidine groups is 1. The molecule has 3 aromatic rings. The van der Waals surface area contributed by atoms with Gasteiger partial charge in [0, 0.05) is 21.7 Å². The lowest BCUT2D eigenvalue weighted by atomic mass is 10.2. The first-order valence-electron chi connectivity index (χ1n) is 8.08. The first kappa shape index (κ1) is 19.2. The van der Waals surface area contributed by atoms with Crippen molar-refractivity contribution in [1.29, 1.82) is 0 Å². The fraction of sp³-hybridized carbons (Fsp3) is 0. The van der Waals surface area contributed by atoms with Gasteiger partial charge in [-0.25, -0.2) is 4.99 Å². The SMILES string of the molecule is O=C1NC(=Nc2cccc(Cl)c2)S/C1=C/c1ccc(-c2cc(Cl)ccc2Cl)o1. The summed E-state index contributed by atoms with van der Waals surface area (Å²) >= 11 is 19.4. The van der Waals surface area contributed by atoms with Gasteiger partial charge in [-0.3, -0.25) is 4.79 Å². The smallest absolute Gasteiger partial charge is 0.264 e. The molecule has 1 aliphatic rings. The van der Waals surface area contributed by atoms with Gasteiger partial charge in [-0.15, -0.1) is 0 Å².